The predicted molar refractivity (Wildman–Crippen MR) is 261 cm³/mol. The van der Waals surface area contributed by atoms with E-state index in [-0.39, 0.29) is 75.4 Å². The minimum absolute atomic E-state index is 0.0167. The number of hydrogen-bond acceptors (Lipinski definition) is 5. The molecule has 0 aliphatic heterocycles. The van der Waals surface area contributed by atoms with Gasteiger partial charge in [-0.2, -0.15) is 79.0 Å². The van der Waals surface area contributed by atoms with Crippen molar-refractivity contribution >= 4 is 7.32 Å². The van der Waals surface area contributed by atoms with Crippen molar-refractivity contribution in [3.05, 3.63) is 87.5 Å². The third-order valence-corrected chi connectivity index (χ3v) is 13.6. The first-order valence-corrected chi connectivity index (χ1v) is 26.7. The van der Waals surface area contributed by atoms with Gasteiger partial charge in [0.2, 0.25) is 5.72 Å². The molecule has 0 heterocycles. The first kappa shape index (κ1) is 69.0. The van der Waals surface area contributed by atoms with Crippen LogP contribution in [0.2, 0.25) is 0 Å². The molecule has 79 heavy (non-hydrogen) atoms. The van der Waals surface area contributed by atoms with Gasteiger partial charge in [0.1, 0.15) is 17.2 Å². The van der Waals surface area contributed by atoms with Crippen molar-refractivity contribution in [3.63, 3.8) is 0 Å². The summed E-state index contributed by atoms with van der Waals surface area (Å²) < 4.78 is 293. The van der Waals surface area contributed by atoms with Crippen LogP contribution in [0.5, 0.6) is 17.2 Å². The third kappa shape index (κ3) is 19.7. The quantitative estimate of drug-likeness (QED) is 0.0200. The summed E-state index contributed by atoms with van der Waals surface area (Å²) in [5, 5.41) is 0. The highest BCUT2D eigenvalue weighted by molar-refractivity contribution is 6.39. The van der Waals surface area contributed by atoms with Gasteiger partial charge in [0.15, 0.2) is 6.23 Å². The topological polar surface area (TPSA) is 46.2 Å². The Labute approximate surface area is 450 Å². The molecule has 0 bridgehead atoms. The summed E-state index contributed by atoms with van der Waals surface area (Å²) in [7, 11) is -3.38. The average molecular weight is 1170 g/mol. The zero-order valence-corrected chi connectivity index (χ0v) is 45.1. The molecule has 6 nitrogen and oxygen atoms in total. The Bertz CT molecular complexity index is 2140. The smallest absolute Gasteiger partial charge is 0.490 e. The van der Waals surface area contributed by atoms with Crippen LogP contribution < -0.4 is 14.0 Å². The Morgan fingerprint density at radius 1 is 0.405 bits per heavy atom. The summed E-state index contributed by atoms with van der Waals surface area (Å²) in [6, 6.07) is -1.64. The Balaban J connectivity index is 2.66. The highest BCUT2D eigenvalue weighted by atomic mass is 19.4. The van der Waals surface area contributed by atoms with Crippen LogP contribution in [0.3, 0.4) is 0 Å². The van der Waals surface area contributed by atoms with E-state index in [2.05, 4.69) is 0 Å². The fraction of sp³-hybridized carbons (Fsp3) is 0.667. The van der Waals surface area contributed by atoms with Crippen molar-refractivity contribution in [2.75, 3.05) is 26.3 Å². The molecule has 0 aromatic heterocycles. The Morgan fingerprint density at radius 2 is 0.759 bits per heavy atom. The van der Waals surface area contributed by atoms with Crippen molar-refractivity contribution < 1.29 is 107 Å². The number of alkyl halides is 18. The van der Waals surface area contributed by atoms with Gasteiger partial charge in [-0.3, -0.25) is 4.48 Å². The molecular weight excluding hydrogens is 1100 g/mol. The van der Waals surface area contributed by atoms with Gasteiger partial charge in [-0.05, 0) is 88.1 Å². The molecule has 0 spiro atoms. The summed E-state index contributed by atoms with van der Waals surface area (Å²) >= 11 is 0. The summed E-state index contributed by atoms with van der Waals surface area (Å²) in [6.45, 7) is 9.39. The number of nitrogens with zero attached hydrogens (tertiary/aromatic N) is 1. The van der Waals surface area contributed by atoms with Crippen LogP contribution >= 0.6 is 0 Å². The molecule has 0 aliphatic rings. The monoisotopic (exact) mass is 1170 g/mol. The molecule has 3 aromatic rings. The zero-order valence-electron chi connectivity index (χ0n) is 45.1. The molecule has 0 fully saturated rings. The molecule has 2 unspecified atom stereocenters. The van der Waals surface area contributed by atoms with E-state index in [1.165, 1.54) is 13.8 Å². The van der Waals surface area contributed by atoms with Crippen LogP contribution in [0.1, 0.15) is 196 Å². The van der Waals surface area contributed by atoms with E-state index in [4.69, 9.17) is 23.4 Å². The van der Waals surface area contributed by atoms with Crippen LogP contribution in [0.15, 0.2) is 48.5 Å². The number of unbranched alkanes of at least 4 members (excludes halogenated alkanes) is 14. The van der Waals surface area contributed by atoms with E-state index in [0.717, 1.165) is 64.2 Å². The molecule has 450 valence electrons. The van der Waals surface area contributed by atoms with Gasteiger partial charge in [-0.25, -0.2) is 0 Å². The van der Waals surface area contributed by atoms with Crippen LogP contribution in [0.25, 0.3) is 0 Å². The molecule has 0 aliphatic carbocycles. The van der Waals surface area contributed by atoms with Crippen molar-refractivity contribution in [1.82, 2.24) is 0 Å². The van der Waals surface area contributed by atoms with E-state index < -0.39 is 142 Å². The molecule has 0 saturated heterocycles. The molecule has 0 saturated carbocycles. The van der Waals surface area contributed by atoms with E-state index >= 15 is 26.3 Å². The van der Waals surface area contributed by atoms with Gasteiger partial charge in [-0.1, -0.05) is 105 Å². The van der Waals surface area contributed by atoms with Crippen molar-refractivity contribution in [3.8, 4) is 17.2 Å². The normalized spacial score (nSPS) is 14.3. The minimum atomic E-state index is -5.81. The summed E-state index contributed by atoms with van der Waals surface area (Å²) in [6.07, 6.45) is -23.7. The van der Waals surface area contributed by atoms with E-state index in [1.807, 2.05) is 13.8 Å². The van der Waals surface area contributed by atoms with Gasteiger partial charge < -0.3 is 23.4 Å². The largest absolute Gasteiger partial charge is 0.864 e. The fourth-order valence-corrected chi connectivity index (χ4v) is 9.99. The molecule has 0 radical (unpaired) electrons. The lowest BCUT2D eigenvalue weighted by Crippen LogP contribution is -2.70. The lowest BCUT2D eigenvalue weighted by Gasteiger charge is -2.56. The van der Waals surface area contributed by atoms with Crippen molar-refractivity contribution in [1.29, 1.82) is 0 Å². The second-order valence-electron chi connectivity index (χ2n) is 19.3. The lowest BCUT2D eigenvalue weighted by molar-refractivity contribution is -1.05. The summed E-state index contributed by atoms with van der Waals surface area (Å²) in [5.41, 5.74) is -16.4. The molecular formula is C54H71BF18NO5+. The summed E-state index contributed by atoms with van der Waals surface area (Å²) in [5.74, 6) is -4.79. The van der Waals surface area contributed by atoms with Crippen molar-refractivity contribution in [2.45, 2.75) is 206 Å². The number of ether oxygens (including phenoxy) is 2. The number of rotatable bonds is 33. The van der Waals surface area contributed by atoms with Gasteiger partial charge in [0, 0.05) is 12.8 Å². The average Bonchev–Trinajstić information content (AvgIpc) is 3.52. The second-order valence-corrected chi connectivity index (χ2v) is 19.3. The Kier molecular flexibility index (Phi) is 25.9. The first-order chi connectivity index (χ1) is 36.7. The van der Waals surface area contributed by atoms with Gasteiger partial charge in [-0.15, -0.1) is 0 Å². The zero-order chi connectivity index (χ0) is 59.7. The molecule has 25 heteroatoms. The maximum atomic E-state index is 16.1. The SMILES string of the molecule is CCCCCCCCCC[N+](CCCCCCCCCC)(C(CC)OCC)C(CC)(OCC)c1c(OB(Oc2cc(C(F)(F)F)cc(C(F)(F)F)c2)Oc2cc(C(F)(F)F)cc(C(F)(F)F)c2)cc(C(F)(F)F)cc1C(F)(F)F. The van der Waals surface area contributed by atoms with Gasteiger partial charge in [0.05, 0.1) is 65.2 Å². The summed E-state index contributed by atoms with van der Waals surface area (Å²) in [4.78, 5) is 0. The van der Waals surface area contributed by atoms with Crippen molar-refractivity contribution in [2.24, 2.45) is 0 Å². The Morgan fingerprint density at radius 3 is 1.06 bits per heavy atom. The van der Waals surface area contributed by atoms with Gasteiger partial charge in [0.25, 0.3) is 0 Å². The first-order valence-electron chi connectivity index (χ1n) is 26.7. The lowest BCUT2D eigenvalue weighted by atomic mass is 9.85. The Hall–Kier alpha value is -4.26. The minimum Gasteiger partial charge on any atom is -0.490 e. The molecule has 3 aromatic carbocycles. The third-order valence-electron chi connectivity index (χ3n) is 13.6. The number of hydrogen-bond donors (Lipinski definition) is 0. The number of halogens is 18. The van der Waals surface area contributed by atoms with Crippen LogP contribution in [0.4, 0.5) is 79.0 Å². The molecule has 0 amide bonds. The highest BCUT2D eigenvalue weighted by Crippen LogP contribution is 2.54. The van der Waals surface area contributed by atoms with Crippen LogP contribution in [-0.4, -0.2) is 44.3 Å². The standard InChI is InChI=1S/C54H71BF18NO5/c1-7-13-15-17-19-21-23-25-27-74(46(9-3)75-11-5,28-26-24-22-20-18-16-14-8-2)48(10-4,76-12-6)47-44(54(71,72)73)35-41(53(68,69)70)36-45(47)79-55(77-42-31-37(49(56,57)58)29-38(32-42)50(59,60)61)78-43-33-39(51(62,63)64)30-40(34-43)52(65,66)67/h29-36,46H,7-28H2,1-6H3/q+1. The molecule has 2 atom stereocenters. The highest BCUT2D eigenvalue weighted by Gasteiger charge is 2.61. The fourth-order valence-electron chi connectivity index (χ4n) is 9.99. The second kappa shape index (κ2) is 29.6. The van der Waals surface area contributed by atoms with Crippen LogP contribution in [0, 0.1) is 0 Å². The predicted octanol–water partition coefficient (Wildman–Crippen LogP) is 19.8. The van der Waals surface area contributed by atoms with E-state index in [9.17, 15) is 52.7 Å². The van der Waals surface area contributed by atoms with E-state index in [1.54, 1.807) is 13.8 Å². The molecule has 0 N–H and O–H groups in total. The van der Waals surface area contributed by atoms with E-state index in [0.29, 0.717) is 25.7 Å². The number of benzene rings is 3. The molecule has 3 rings (SSSR count). The number of quaternary nitrogens is 1. The van der Waals surface area contributed by atoms with Gasteiger partial charge >= 0.3 is 44.4 Å². The maximum absolute atomic E-state index is 16.1. The van der Waals surface area contributed by atoms with Crippen LogP contribution in [-0.2, 0) is 52.3 Å². The maximum Gasteiger partial charge on any atom is 0.864 e.